The minimum atomic E-state index is -4.34. The van der Waals surface area contributed by atoms with E-state index in [1.165, 1.54) is 17.5 Å². The number of unbranched alkanes of at least 4 members (excludes halogenated alkanes) is 2. The van der Waals surface area contributed by atoms with Crippen LogP contribution in [0.15, 0.2) is 65.9 Å². The van der Waals surface area contributed by atoms with E-state index in [4.69, 9.17) is 14.3 Å². The predicted octanol–water partition coefficient (Wildman–Crippen LogP) is 5.92. The summed E-state index contributed by atoms with van der Waals surface area (Å²) in [5.41, 5.74) is 3.63. The van der Waals surface area contributed by atoms with Gasteiger partial charge in [-0.05, 0) is 87.9 Å². The van der Waals surface area contributed by atoms with E-state index < -0.39 is 60.2 Å². The van der Waals surface area contributed by atoms with Crippen molar-refractivity contribution in [3.63, 3.8) is 0 Å². The molecule has 0 saturated carbocycles. The van der Waals surface area contributed by atoms with E-state index >= 15 is 8.63 Å². The van der Waals surface area contributed by atoms with Gasteiger partial charge in [0.05, 0.1) is 70.5 Å². The monoisotopic (exact) mass is 1020 g/mol. The molecule has 0 bridgehead atoms. The number of imide groups is 1. The lowest BCUT2D eigenvalue weighted by molar-refractivity contribution is -0.879. The number of nitro benzene ring substituents is 1. The Kier molecular flexibility index (Phi) is 18.7. The standard InChI is InChI=1S/C52H68BF2N7O11/c1-8-9-16-38-31-44(37-17-11-10-12-18-37)59-45(38)32-43-35(2)29-40(58(43)53(59,54)55)21-22-49(65)56-42(19-13-14-27-62(5,6)7)47(64)20-15-25-57(4)26-28-71-48-33-46(61(69)70)41(30-39(48)34-63)36(3)72-52(68)73-60-50(66)23-24-51(60)67/h10-12,17-18,29-33,36,42,63H,8-9,13-16,19-28,34H2,1-7H3/p+2. The highest BCUT2D eigenvalue weighted by Crippen LogP contribution is 2.40. The van der Waals surface area contributed by atoms with Crippen LogP contribution >= 0.6 is 0 Å². The molecule has 6 rings (SSSR count). The number of carbonyl (C=O) groups is 5. The van der Waals surface area contributed by atoms with Crippen LogP contribution in [-0.4, -0.2) is 131 Å². The zero-order valence-corrected chi connectivity index (χ0v) is 43.0. The molecule has 3 aliphatic heterocycles. The van der Waals surface area contributed by atoms with Gasteiger partial charge in [0.25, 0.3) is 17.5 Å². The van der Waals surface area contributed by atoms with E-state index in [9.17, 15) is 39.2 Å². The zero-order chi connectivity index (χ0) is 53.2. The maximum atomic E-state index is 17.1. The highest BCUT2D eigenvalue weighted by Gasteiger charge is 2.54. The number of Topliss-reactive ketones (excluding diaryl/α,β-unsaturated/α-hetero) is 1. The fraction of sp³-hybridized carbons (Fsp3) is 0.500. The van der Waals surface area contributed by atoms with E-state index in [-0.39, 0.29) is 61.4 Å². The summed E-state index contributed by atoms with van der Waals surface area (Å²) in [6, 6.07) is 12.6. The molecule has 3 N–H and O–H groups in total. The van der Waals surface area contributed by atoms with Gasteiger partial charge in [-0.25, -0.2) is 4.79 Å². The van der Waals surface area contributed by atoms with E-state index in [2.05, 4.69) is 33.4 Å². The number of nitrogens with one attached hydrogen (secondary N) is 2. The molecule has 1 aromatic heterocycles. The van der Waals surface area contributed by atoms with Crippen molar-refractivity contribution in [1.29, 1.82) is 0 Å². The van der Waals surface area contributed by atoms with Gasteiger partial charge in [0, 0.05) is 66.7 Å². The van der Waals surface area contributed by atoms with Crippen LogP contribution in [0.1, 0.15) is 124 Å². The lowest BCUT2D eigenvalue weighted by Gasteiger charge is -2.31. The fourth-order valence-electron chi connectivity index (χ4n) is 9.51. The molecule has 394 valence electrons. The van der Waals surface area contributed by atoms with Gasteiger partial charge in [-0.1, -0.05) is 36.6 Å². The summed E-state index contributed by atoms with van der Waals surface area (Å²) in [6.45, 7) is 2.24. The Bertz CT molecular complexity index is 2650. The summed E-state index contributed by atoms with van der Waals surface area (Å²) in [6.07, 6.45) is 5.84. The molecule has 3 aliphatic rings. The molecule has 1 fully saturated rings. The number of aliphatic hydroxyl groups is 1. The van der Waals surface area contributed by atoms with Crippen LogP contribution in [0.5, 0.6) is 5.75 Å². The second kappa shape index (κ2) is 24.4. The Morgan fingerprint density at radius 2 is 1.70 bits per heavy atom. The first kappa shape index (κ1) is 55.7. The number of amides is 3. The van der Waals surface area contributed by atoms with Crippen molar-refractivity contribution in [2.45, 2.75) is 117 Å². The summed E-state index contributed by atoms with van der Waals surface area (Å²) in [4.78, 5) is 80.7. The van der Waals surface area contributed by atoms with Gasteiger partial charge in [0.2, 0.25) is 5.91 Å². The average Bonchev–Trinajstić information content (AvgIpc) is 3.99. The third kappa shape index (κ3) is 13.9. The second-order valence-corrected chi connectivity index (χ2v) is 20.2. The van der Waals surface area contributed by atoms with Crippen molar-refractivity contribution in [3.8, 4) is 5.75 Å². The first-order valence-electron chi connectivity index (χ1n) is 25.2. The third-order valence-electron chi connectivity index (χ3n) is 13.5. The Labute approximate surface area is 425 Å². The molecule has 0 spiro atoms. The molecule has 0 aliphatic carbocycles. The smallest absolute Gasteiger partial charge is 0.487 e. The Hall–Kier alpha value is -6.58. The fourth-order valence-corrected chi connectivity index (χ4v) is 9.51. The molecule has 3 atom stereocenters. The van der Waals surface area contributed by atoms with Crippen molar-refractivity contribution in [2.75, 3.05) is 54.4 Å². The lowest BCUT2D eigenvalue weighted by atomic mass is 9.88. The third-order valence-corrected chi connectivity index (χ3v) is 13.5. The maximum absolute atomic E-state index is 17.1. The lowest BCUT2D eigenvalue weighted by Crippen LogP contribution is -3.09. The highest BCUT2D eigenvalue weighted by molar-refractivity contribution is 6.58. The van der Waals surface area contributed by atoms with Gasteiger partial charge in [0.1, 0.15) is 25.0 Å². The van der Waals surface area contributed by atoms with Gasteiger partial charge in [-0.3, -0.25) is 34.1 Å². The highest BCUT2D eigenvalue weighted by atomic mass is 19.2. The summed E-state index contributed by atoms with van der Waals surface area (Å²) in [5.74, 6) is -1.93. The Morgan fingerprint density at radius 1 is 0.986 bits per heavy atom. The number of allylic oxidation sites excluding steroid dienone is 2. The molecular weight excluding hydrogens is 947 g/mol. The first-order chi connectivity index (χ1) is 34.6. The van der Waals surface area contributed by atoms with Crippen LogP contribution in [0.3, 0.4) is 0 Å². The number of hydrogen-bond acceptors (Lipinski definition) is 11. The molecular formula is C52H70BF2N7O11+2. The van der Waals surface area contributed by atoms with Gasteiger partial charge in [-0.15, -0.1) is 0 Å². The number of rotatable bonds is 27. The normalized spacial score (nSPS) is 16.3. The largest absolute Gasteiger partial charge is 0.737 e. The summed E-state index contributed by atoms with van der Waals surface area (Å²) < 4.78 is 48.3. The topological polar surface area (TPSA) is 204 Å². The Balaban J connectivity index is 1.05. The first-order valence-corrected chi connectivity index (χ1v) is 25.2. The number of aromatic nitrogens is 1. The number of aliphatic hydroxyl groups excluding tert-OH is 1. The molecule has 2 aromatic carbocycles. The molecule has 18 nitrogen and oxygen atoms in total. The molecule has 73 heavy (non-hydrogen) atoms. The van der Waals surface area contributed by atoms with E-state index in [1.807, 2.05) is 56.5 Å². The number of ether oxygens (including phenoxy) is 2. The zero-order valence-electron chi connectivity index (χ0n) is 43.0. The molecule has 1 saturated heterocycles. The quantitative estimate of drug-likeness (QED) is 0.0156. The van der Waals surface area contributed by atoms with Crippen LogP contribution in [0, 0.1) is 17.0 Å². The second-order valence-electron chi connectivity index (χ2n) is 20.2. The van der Waals surface area contributed by atoms with Crippen molar-refractivity contribution in [2.24, 2.45) is 0 Å². The van der Waals surface area contributed by atoms with Crippen molar-refractivity contribution in [3.05, 3.63) is 110 Å². The summed E-state index contributed by atoms with van der Waals surface area (Å²) in [7, 11) is 8.15. The summed E-state index contributed by atoms with van der Waals surface area (Å²) >= 11 is 0. The Morgan fingerprint density at radius 3 is 2.36 bits per heavy atom. The number of carbonyl (C=O) groups excluding carboxylic acids is 5. The van der Waals surface area contributed by atoms with Gasteiger partial charge in [0.15, 0.2) is 17.2 Å². The van der Waals surface area contributed by atoms with E-state index in [1.54, 1.807) is 6.07 Å². The molecule has 21 heteroatoms. The maximum Gasteiger partial charge on any atom is 0.737 e. The van der Waals surface area contributed by atoms with Crippen molar-refractivity contribution >= 4 is 54.1 Å². The van der Waals surface area contributed by atoms with Crippen LogP contribution in [0.4, 0.5) is 19.1 Å². The van der Waals surface area contributed by atoms with Crippen LogP contribution in [-0.2, 0) is 41.8 Å². The van der Waals surface area contributed by atoms with Crippen molar-refractivity contribution in [1.82, 2.24) is 14.9 Å². The average molecular weight is 1020 g/mol. The molecule has 0 radical (unpaired) electrons. The minimum Gasteiger partial charge on any atom is -0.487 e. The minimum absolute atomic E-state index is 0.0383. The van der Waals surface area contributed by atoms with Crippen molar-refractivity contribution < 1.29 is 70.8 Å². The molecule has 3 amide bonds. The number of hydroxylamine groups is 2. The number of ketones is 1. The van der Waals surface area contributed by atoms with Crippen LogP contribution in [0.2, 0.25) is 0 Å². The number of nitro groups is 1. The number of quaternary nitrogens is 2. The number of likely N-dealkylation sites (N-methyl/N-ethyl adjacent to an activating group) is 1. The van der Waals surface area contributed by atoms with Crippen LogP contribution in [0.25, 0.3) is 6.08 Å². The SMILES string of the molecule is CCCCC1=CC(c2ccccc2)=[N+]2C1=Cc1c(C)cc(CCC(=O)NC(CCCC[N+](C)(C)C)C(=O)CCC[NH+](C)CCOc3cc([N+](=O)[O-])c(C(C)OC(=O)ON4C(=O)CCC4=O)cc3CO)n1[B-]2(F)F. The van der Waals surface area contributed by atoms with Gasteiger partial charge >= 0.3 is 13.1 Å². The summed E-state index contributed by atoms with van der Waals surface area (Å²) in [5, 5.41) is 25.5. The molecule has 4 heterocycles. The van der Waals surface area contributed by atoms with Gasteiger partial charge in [-0.2, -0.15) is 0 Å². The van der Waals surface area contributed by atoms with E-state index in [0.717, 1.165) is 51.3 Å². The number of halogens is 2. The molecule has 3 unspecified atom stereocenters. The number of benzene rings is 2. The van der Waals surface area contributed by atoms with Crippen LogP contribution < -0.4 is 15.0 Å². The number of fused-ring (bicyclic) bond motifs is 2. The number of nitrogens with zero attached hydrogens (tertiary/aromatic N) is 5. The number of hydrogen-bond donors (Lipinski definition) is 3. The van der Waals surface area contributed by atoms with Gasteiger partial charge < -0.3 is 46.9 Å². The number of aryl methyl sites for hydroxylation is 2. The van der Waals surface area contributed by atoms with E-state index in [0.29, 0.717) is 77.8 Å². The molecule has 3 aromatic rings. The predicted molar refractivity (Wildman–Crippen MR) is 268 cm³/mol.